The van der Waals surface area contributed by atoms with Crippen molar-refractivity contribution >= 4 is 5.91 Å². The van der Waals surface area contributed by atoms with Crippen molar-refractivity contribution in [2.75, 3.05) is 26.7 Å². The van der Waals surface area contributed by atoms with E-state index in [9.17, 15) is 4.79 Å². The molecule has 0 spiro atoms. The number of carbonyl (C=O) groups is 1. The molecule has 1 saturated heterocycles. The zero-order valence-electron chi connectivity index (χ0n) is 15.8. The molecule has 1 heterocycles. The van der Waals surface area contributed by atoms with Gasteiger partial charge in [-0.2, -0.15) is 0 Å². The first-order valence-corrected chi connectivity index (χ1v) is 9.11. The summed E-state index contributed by atoms with van der Waals surface area (Å²) in [4.78, 5) is 17.0. The summed E-state index contributed by atoms with van der Waals surface area (Å²) in [7, 11) is 2.02. The number of hydrogen-bond acceptors (Lipinski definition) is 3. The van der Waals surface area contributed by atoms with Gasteiger partial charge < -0.3 is 9.64 Å². The van der Waals surface area contributed by atoms with Crippen molar-refractivity contribution in [2.45, 2.75) is 46.7 Å². The largest absolute Gasteiger partial charge is 0.494 e. The van der Waals surface area contributed by atoms with Gasteiger partial charge in [-0.25, -0.2) is 0 Å². The third-order valence-electron chi connectivity index (χ3n) is 4.87. The van der Waals surface area contributed by atoms with Gasteiger partial charge in [0, 0.05) is 19.6 Å². The van der Waals surface area contributed by atoms with Gasteiger partial charge in [-0.15, -0.1) is 0 Å². The quantitative estimate of drug-likeness (QED) is 0.800. The van der Waals surface area contributed by atoms with Crippen molar-refractivity contribution in [3.05, 3.63) is 29.8 Å². The Morgan fingerprint density at radius 1 is 1.25 bits per heavy atom. The predicted octanol–water partition coefficient (Wildman–Crippen LogP) is 3.41. The number of hydrogen-bond donors (Lipinski definition) is 0. The molecular formula is C20H32N2O2. The standard InChI is InChI=1S/C20H32N2O2/c1-6-24-19-9-7-18(8-10-19)14-21(5)17(4)20(23)22-12-15(2)11-16(3)13-22/h7-10,15-17H,6,11-14H2,1-5H3. The van der Waals surface area contributed by atoms with Crippen LogP contribution in [0.3, 0.4) is 0 Å². The highest BCUT2D eigenvalue weighted by atomic mass is 16.5. The number of nitrogens with zero attached hydrogens (tertiary/aromatic N) is 2. The minimum Gasteiger partial charge on any atom is -0.494 e. The van der Waals surface area contributed by atoms with E-state index in [0.29, 0.717) is 18.4 Å². The Bertz CT molecular complexity index is 519. The van der Waals surface area contributed by atoms with Gasteiger partial charge in [-0.3, -0.25) is 9.69 Å². The van der Waals surface area contributed by atoms with Crippen molar-refractivity contribution in [3.63, 3.8) is 0 Å². The van der Waals surface area contributed by atoms with Crippen LogP contribution in [0.25, 0.3) is 0 Å². The Labute approximate surface area is 146 Å². The maximum Gasteiger partial charge on any atom is 0.239 e. The summed E-state index contributed by atoms with van der Waals surface area (Å²) in [5, 5.41) is 0. The number of amides is 1. The van der Waals surface area contributed by atoms with Gasteiger partial charge in [-0.05, 0) is 56.8 Å². The van der Waals surface area contributed by atoms with Crippen LogP contribution in [0, 0.1) is 11.8 Å². The second kappa shape index (κ2) is 8.52. The molecule has 0 aliphatic carbocycles. The first-order valence-electron chi connectivity index (χ1n) is 9.11. The predicted molar refractivity (Wildman–Crippen MR) is 98.1 cm³/mol. The van der Waals surface area contributed by atoms with Crippen LogP contribution in [0.1, 0.15) is 39.7 Å². The number of likely N-dealkylation sites (tertiary alicyclic amines) is 1. The molecular weight excluding hydrogens is 300 g/mol. The van der Waals surface area contributed by atoms with E-state index in [4.69, 9.17) is 4.74 Å². The lowest BCUT2D eigenvalue weighted by molar-refractivity contribution is -0.138. The minimum absolute atomic E-state index is 0.103. The van der Waals surface area contributed by atoms with Gasteiger partial charge in [0.05, 0.1) is 12.6 Å². The minimum atomic E-state index is -0.103. The van der Waals surface area contributed by atoms with Crippen molar-refractivity contribution in [3.8, 4) is 5.75 Å². The first-order chi connectivity index (χ1) is 11.4. The molecule has 24 heavy (non-hydrogen) atoms. The smallest absolute Gasteiger partial charge is 0.239 e. The van der Waals surface area contributed by atoms with E-state index < -0.39 is 0 Å². The third kappa shape index (κ3) is 4.97. The van der Waals surface area contributed by atoms with Gasteiger partial charge in [-0.1, -0.05) is 26.0 Å². The topological polar surface area (TPSA) is 32.8 Å². The molecule has 1 aliphatic heterocycles. The van der Waals surface area contributed by atoms with Crippen LogP contribution in [0.15, 0.2) is 24.3 Å². The Morgan fingerprint density at radius 3 is 2.38 bits per heavy atom. The molecule has 0 bridgehead atoms. The summed E-state index contributed by atoms with van der Waals surface area (Å²) in [5.74, 6) is 2.34. The molecule has 0 N–H and O–H groups in total. The van der Waals surface area contributed by atoms with E-state index in [1.54, 1.807) is 0 Å². The van der Waals surface area contributed by atoms with Crippen LogP contribution in [-0.2, 0) is 11.3 Å². The Morgan fingerprint density at radius 2 is 1.83 bits per heavy atom. The highest BCUT2D eigenvalue weighted by Gasteiger charge is 2.29. The number of rotatable bonds is 6. The van der Waals surface area contributed by atoms with Crippen LogP contribution in [0.2, 0.25) is 0 Å². The molecule has 0 aromatic heterocycles. The van der Waals surface area contributed by atoms with E-state index >= 15 is 0 Å². The maximum absolute atomic E-state index is 12.8. The molecule has 0 radical (unpaired) electrons. The molecule has 0 saturated carbocycles. The van der Waals surface area contributed by atoms with Crippen molar-refractivity contribution in [2.24, 2.45) is 11.8 Å². The van der Waals surface area contributed by atoms with E-state index in [1.165, 1.54) is 12.0 Å². The number of benzene rings is 1. The lowest BCUT2D eigenvalue weighted by Crippen LogP contribution is -2.50. The number of ether oxygens (including phenoxy) is 1. The Balaban J connectivity index is 1.93. The van der Waals surface area contributed by atoms with Crippen LogP contribution in [-0.4, -0.2) is 48.5 Å². The highest BCUT2D eigenvalue weighted by molar-refractivity contribution is 5.81. The molecule has 1 aliphatic rings. The summed E-state index contributed by atoms with van der Waals surface area (Å²) < 4.78 is 5.48. The average Bonchev–Trinajstić information content (AvgIpc) is 2.54. The fourth-order valence-electron chi connectivity index (χ4n) is 3.58. The summed E-state index contributed by atoms with van der Waals surface area (Å²) in [5.41, 5.74) is 1.20. The van der Waals surface area contributed by atoms with Crippen molar-refractivity contribution in [1.29, 1.82) is 0 Å². The molecule has 1 aromatic rings. The van der Waals surface area contributed by atoms with Gasteiger partial charge in [0.1, 0.15) is 5.75 Å². The van der Waals surface area contributed by atoms with Gasteiger partial charge >= 0.3 is 0 Å². The molecule has 2 rings (SSSR count). The molecule has 134 valence electrons. The van der Waals surface area contributed by atoms with Crippen molar-refractivity contribution in [1.82, 2.24) is 9.80 Å². The summed E-state index contributed by atoms with van der Waals surface area (Å²) in [6.45, 7) is 11.7. The molecule has 1 fully saturated rings. The fourth-order valence-corrected chi connectivity index (χ4v) is 3.58. The van der Waals surface area contributed by atoms with E-state index in [0.717, 1.165) is 25.4 Å². The fraction of sp³-hybridized carbons (Fsp3) is 0.650. The Kier molecular flexibility index (Phi) is 6.67. The SMILES string of the molecule is CCOc1ccc(CN(C)C(C)C(=O)N2CC(C)CC(C)C2)cc1. The third-order valence-corrected chi connectivity index (χ3v) is 4.87. The summed E-state index contributed by atoms with van der Waals surface area (Å²) in [6, 6.07) is 8.03. The maximum atomic E-state index is 12.8. The first kappa shape index (κ1) is 18.8. The molecule has 1 amide bonds. The molecule has 4 heteroatoms. The lowest BCUT2D eigenvalue weighted by Gasteiger charge is -2.38. The summed E-state index contributed by atoms with van der Waals surface area (Å²) >= 11 is 0. The van der Waals surface area contributed by atoms with E-state index in [2.05, 4.69) is 35.8 Å². The zero-order chi connectivity index (χ0) is 17.7. The van der Waals surface area contributed by atoms with E-state index in [-0.39, 0.29) is 11.9 Å². The molecule has 3 unspecified atom stereocenters. The second-order valence-electron chi connectivity index (χ2n) is 7.36. The lowest BCUT2D eigenvalue weighted by atomic mass is 9.91. The molecule has 4 nitrogen and oxygen atoms in total. The summed E-state index contributed by atoms with van der Waals surface area (Å²) in [6.07, 6.45) is 1.22. The van der Waals surface area contributed by atoms with Crippen LogP contribution < -0.4 is 4.74 Å². The number of piperidine rings is 1. The highest BCUT2D eigenvalue weighted by Crippen LogP contribution is 2.22. The Hall–Kier alpha value is -1.55. The van der Waals surface area contributed by atoms with Gasteiger partial charge in [0.2, 0.25) is 5.91 Å². The number of carbonyl (C=O) groups excluding carboxylic acids is 1. The monoisotopic (exact) mass is 332 g/mol. The van der Waals surface area contributed by atoms with E-state index in [1.807, 2.05) is 33.0 Å². The number of likely N-dealkylation sites (N-methyl/N-ethyl adjacent to an activating group) is 1. The molecule has 3 atom stereocenters. The average molecular weight is 332 g/mol. The second-order valence-corrected chi connectivity index (χ2v) is 7.36. The van der Waals surface area contributed by atoms with Crippen LogP contribution >= 0.6 is 0 Å². The normalized spacial score (nSPS) is 22.5. The van der Waals surface area contributed by atoms with Gasteiger partial charge in [0.15, 0.2) is 0 Å². The van der Waals surface area contributed by atoms with Crippen molar-refractivity contribution < 1.29 is 9.53 Å². The zero-order valence-corrected chi connectivity index (χ0v) is 15.8. The molecule has 1 aromatic carbocycles. The van der Waals surface area contributed by atoms with Gasteiger partial charge in [0.25, 0.3) is 0 Å². The van der Waals surface area contributed by atoms with Crippen LogP contribution in [0.5, 0.6) is 5.75 Å². The van der Waals surface area contributed by atoms with Crippen LogP contribution in [0.4, 0.5) is 0 Å².